The number of likely N-dealkylation sites (tertiary alicyclic amines) is 1. The van der Waals surface area contributed by atoms with Gasteiger partial charge >= 0.3 is 0 Å². The molecule has 0 spiro atoms. The fraction of sp³-hybridized carbons (Fsp3) is 0.647. The van der Waals surface area contributed by atoms with Gasteiger partial charge in [0.25, 0.3) is 0 Å². The van der Waals surface area contributed by atoms with Gasteiger partial charge in [-0.25, -0.2) is 0 Å². The summed E-state index contributed by atoms with van der Waals surface area (Å²) in [5.41, 5.74) is 0. The van der Waals surface area contributed by atoms with E-state index in [2.05, 4.69) is 18.5 Å². The van der Waals surface area contributed by atoms with Crippen molar-refractivity contribution >= 4 is 11.8 Å². The first-order valence-electron chi connectivity index (χ1n) is 8.18. The summed E-state index contributed by atoms with van der Waals surface area (Å²) < 4.78 is 0. The summed E-state index contributed by atoms with van der Waals surface area (Å²) in [6.07, 6.45) is 6.91. The minimum absolute atomic E-state index is 0.0625. The van der Waals surface area contributed by atoms with Crippen LogP contribution in [0.5, 0.6) is 0 Å². The number of amides is 2. The van der Waals surface area contributed by atoms with Crippen LogP contribution in [0.2, 0.25) is 0 Å². The number of nitrogens with one attached hydrogen (secondary N) is 1. The van der Waals surface area contributed by atoms with E-state index in [0.717, 1.165) is 32.5 Å². The highest BCUT2D eigenvalue weighted by atomic mass is 16.2. The Labute approximate surface area is 133 Å². The zero-order chi connectivity index (χ0) is 15.9. The zero-order valence-corrected chi connectivity index (χ0v) is 13.3. The molecule has 0 saturated carbocycles. The molecular weight excluding hydrogens is 278 g/mol. The van der Waals surface area contributed by atoms with Crippen LogP contribution in [0.1, 0.15) is 25.7 Å². The third-order valence-electron chi connectivity index (χ3n) is 4.53. The van der Waals surface area contributed by atoms with Crippen LogP contribution in [0.3, 0.4) is 0 Å². The Balaban J connectivity index is 1.99. The van der Waals surface area contributed by atoms with Crippen molar-refractivity contribution in [2.45, 2.75) is 31.7 Å². The average Bonchev–Trinajstić information content (AvgIpc) is 2.54. The SMILES string of the molecule is C=CCC(CC=C)C(=O)N1CCCC(N2CCNCC2=O)C1. The van der Waals surface area contributed by atoms with Gasteiger partial charge in [0.1, 0.15) is 0 Å². The molecule has 2 aliphatic heterocycles. The lowest BCUT2D eigenvalue weighted by molar-refractivity contribution is -0.142. The Morgan fingerprint density at radius 3 is 2.68 bits per heavy atom. The van der Waals surface area contributed by atoms with Gasteiger partial charge in [0.05, 0.1) is 6.54 Å². The summed E-state index contributed by atoms with van der Waals surface area (Å²) in [5.74, 6) is 0.263. The van der Waals surface area contributed by atoms with Crippen molar-refractivity contribution in [1.29, 1.82) is 0 Å². The van der Waals surface area contributed by atoms with Crippen molar-refractivity contribution in [3.63, 3.8) is 0 Å². The zero-order valence-electron chi connectivity index (χ0n) is 13.3. The summed E-state index contributed by atoms with van der Waals surface area (Å²) in [6, 6.07) is 0.167. The van der Waals surface area contributed by atoms with Gasteiger partial charge in [-0.15, -0.1) is 13.2 Å². The lowest BCUT2D eigenvalue weighted by atomic mass is 9.96. The van der Waals surface area contributed by atoms with Gasteiger partial charge in [0.15, 0.2) is 0 Å². The fourth-order valence-electron chi connectivity index (χ4n) is 3.38. The maximum atomic E-state index is 12.7. The molecule has 1 atom stereocenters. The molecule has 0 aromatic carbocycles. The van der Waals surface area contributed by atoms with Crippen molar-refractivity contribution in [2.75, 3.05) is 32.7 Å². The third-order valence-corrected chi connectivity index (χ3v) is 4.53. The molecule has 0 aliphatic carbocycles. The molecule has 1 N–H and O–H groups in total. The highest BCUT2D eigenvalue weighted by Gasteiger charge is 2.33. The first-order valence-corrected chi connectivity index (χ1v) is 8.18. The number of hydrogen-bond acceptors (Lipinski definition) is 3. The second-order valence-electron chi connectivity index (χ2n) is 6.09. The van der Waals surface area contributed by atoms with Crippen LogP contribution in [0, 0.1) is 5.92 Å². The predicted molar refractivity (Wildman–Crippen MR) is 87.3 cm³/mol. The first kappa shape index (κ1) is 16.7. The second-order valence-corrected chi connectivity index (χ2v) is 6.09. The van der Waals surface area contributed by atoms with Crippen LogP contribution in [0.15, 0.2) is 25.3 Å². The quantitative estimate of drug-likeness (QED) is 0.750. The van der Waals surface area contributed by atoms with Crippen molar-refractivity contribution < 1.29 is 9.59 Å². The summed E-state index contributed by atoms with van der Waals surface area (Å²) in [6.45, 7) is 10.9. The molecule has 5 nitrogen and oxygen atoms in total. The summed E-state index contributed by atoms with van der Waals surface area (Å²) in [7, 11) is 0. The van der Waals surface area contributed by atoms with Gasteiger partial charge < -0.3 is 15.1 Å². The van der Waals surface area contributed by atoms with E-state index in [1.165, 1.54) is 0 Å². The van der Waals surface area contributed by atoms with Gasteiger partial charge in [-0.2, -0.15) is 0 Å². The Kier molecular flexibility index (Phi) is 6.19. The smallest absolute Gasteiger partial charge is 0.236 e. The number of carbonyl (C=O) groups is 2. The number of piperidine rings is 1. The molecule has 22 heavy (non-hydrogen) atoms. The van der Waals surface area contributed by atoms with Crippen LogP contribution < -0.4 is 5.32 Å². The van der Waals surface area contributed by atoms with Crippen LogP contribution >= 0.6 is 0 Å². The van der Waals surface area contributed by atoms with E-state index in [-0.39, 0.29) is 23.8 Å². The molecule has 2 rings (SSSR count). The normalized spacial score (nSPS) is 22.8. The van der Waals surface area contributed by atoms with E-state index in [9.17, 15) is 9.59 Å². The molecule has 122 valence electrons. The molecule has 0 aromatic rings. The van der Waals surface area contributed by atoms with Crippen LogP contribution in [-0.2, 0) is 9.59 Å². The minimum Gasteiger partial charge on any atom is -0.340 e. The molecule has 2 amide bonds. The number of piperazine rings is 1. The van der Waals surface area contributed by atoms with Gasteiger partial charge in [-0.05, 0) is 25.7 Å². The maximum absolute atomic E-state index is 12.7. The third kappa shape index (κ3) is 3.97. The van der Waals surface area contributed by atoms with Crippen LogP contribution in [0.25, 0.3) is 0 Å². The van der Waals surface area contributed by atoms with E-state index in [1.807, 2.05) is 9.80 Å². The molecule has 2 heterocycles. The van der Waals surface area contributed by atoms with E-state index < -0.39 is 0 Å². The second kappa shape index (κ2) is 8.13. The summed E-state index contributed by atoms with van der Waals surface area (Å²) in [5, 5.41) is 3.10. The Morgan fingerprint density at radius 1 is 1.32 bits per heavy atom. The van der Waals surface area contributed by atoms with E-state index in [0.29, 0.717) is 25.9 Å². The van der Waals surface area contributed by atoms with Gasteiger partial charge in [0, 0.05) is 38.1 Å². The Hall–Kier alpha value is -1.62. The topological polar surface area (TPSA) is 52.7 Å². The Morgan fingerprint density at radius 2 is 2.05 bits per heavy atom. The van der Waals surface area contributed by atoms with Gasteiger partial charge in [0.2, 0.25) is 11.8 Å². The molecular formula is C17H27N3O2. The summed E-state index contributed by atoms with van der Waals surface area (Å²) >= 11 is 0. The molecule has 1 unspecified atom stereocenters. The molecule has 0 radical (unpaired) electrons. The van der Waals surface area contributed by atoms with E-state index >= 15 is 0 Å². The van der Waals surface area contributed by atoms with Crippen molar-refractivity contribution in [3.05, 3.63) is 25.3 Å². The molecule has 2 fully saturated rings. The standard InChI is InChI=1S/C17H27N3O2/c1-3-6-14(7-4-2)17(22)19-10-5-8-15(13-19)20-11-9-18-12-16(20)21/h3-4,14-15,18H,1-2,5-13H2. The molecule has 0 bridgehead atoms. The molecule has 2 aliphatic rings. The highest BCUT2D eigenvalue weighted by molar-refractivity contribution is 5.81. The number of nitrogens with zero attached hydrogens (tertiary/aromatic N) is 2. The highest BCUT2D eigenvalue weighted by Crippen LogP contribution is 2.21. The predicted octanol–water partition coefficient (Wildman–Crippen LogP) is 1.18. The maximum Gasteiger partial charge on any atom is 0.236 e. The van der Waals surface area contributed by atoms with Crippen molar-refractivity contribution in [1.82, 2.24) is 15.1 Å². The lowest BCUT2D eigenvalue weighted by Gasteiger charge is -2.41. The number of carbonyl (C=O) groups excluding carboxylic acids is 2. The number of allylic oxidation sites excluding steroid dienone is 2. The molecule has 0 aromatic heterocycles. The lowest BCUT2D eigenvalue weighted by Crippen LogP contribution is -2.58. The fourth-order valence-corrected chi connectivity index (χ4v) is 3.38. The van der Waals surface area contributed by atoms with Gasteiger partial charge in [-0.1, -0.05) is 12.2 Å². The van der Waals surface area contributed by atoms with Crippen molar-refractivity contribution in [3.8, 4) is 0 Å². The monoisotopic (exact) mass is 305 g/mol. The molecule has 2 saturated heterocycles. The van der Waals surface area contributed by atoms with Crippen LogP contribution in [0.4, 0.5) is 0 Å². The largest absolute Gasteiger partial charge is 0.340 e. The molecule has 5 heteroatoms. The summed E-state index contributed by atoms with van der Waals surface area (Å²) in [4.78, 5) is 28.6. The van der Waals surface area contributed by atoms with Gasteiger partial charge in [-0.3, -0.25) is 9.59 Å². The van der Waals surface area contributed by atoms with E-state index in [1.54, 1.807) is 12.2 Å². The number of hydrogen-bond donors (Lipinski definition) is 1. The van der Waals surface area contributed by atoms with Crippen LogP contribution in [-0.4, -0.2) is 60.4 Å². The first-order chi connectivity index (χ1) is 10.7. The van der Waals surface area contributed by atoms with E-state index in [4.69, 9.17) is 0 Å². The minimum atomic E-state index is -0.0625. The average molecular weight is 305 g/mol. The number of rotatable bonds is 6. The van der Waals surface area contributed by atoms with Crippen molar-refractivity contribution in [2.24, 2.45) is 5.92 Å². The Bertz CT molecular complexity index is 426.